The average Bonchev–Trinajstić information content (AvgIpc) is 3.40. The number of unbranched alkanes of at least 4 members (excludes halogenated alkanes) is 20. The summed E-state index contributed by atoms with van der Waals surface area (Å²) in [6.45, 7) is 3.83. The largest absolute Gasteiger partial charge is 0.462 e. The Kier molecular flexibility index (Phi) is 30.9. The van der Waals surface area contributed by atoms with Crippen molar-refractivity contribution in [2.45, 2.75) is 212 Å². The van der Waals surface area contributed by atoms with Gasteiger partial charge >= 0.3 is 11.9 Å². The van der Waals surface area contributed by atoms with E-state index < -0.39 is 30.9 Å². The van der Waals surface area contributed by atoms with Crippen molar-refractivity contribution in [3.05, 3.63) is 24.3 Å². The van der Waals surface area contributed by atoms with Crippen molar-refractivity contribution in [2.75, 3.05) is 13.2 Å². The zero-order chi connectivity index (χ0) is 38.1. The Labute approximate surface area is 317 Å². The lowest BCUT2D eigenvalue weighted by atomic mass is 9.90. The van der Waals surface area contributed by atoms with Crippen molar-refractivity contribution in [3.63, 3.8) is 0 Å². The number of carbonyl (C=O) groups is 3. The van der Waals surface area contributed by atoms with Crippen LogP contribution in [0.15, 0.2) is 24.3 Å². The molecule has 0 bridgehead atoms. The number of carbonyl (C=O) groups excluding carboxylic acids is 3. The van der Waals surface area contributed by atoms with Gasteiger partial charge < -0.3 is 24.8 Å². The number of aliphatic hydroxyl groups excluding tert-OH is 3. The monoisotopic (exact) mass is 735 g/mol. The molecule has 1 aliphatic carbocycles. The molecule has 3 N–H and O–H groups in total. The van der Waals surface area contributed by atoms with Crippen molar-refractivity contribution >= 4 is 17.7 Å². The van der Waals surface area contributed by atoms with Crippen molar-refractivity contribution in [1.29, 1.82) is 0 Å². The van der Waals surface area contributed by atoms with Crippen molar-refractivity contribution in [3.8, 4) is 0 Å². The first kappa shape index (κ1) is 48.0. The SMILES string of the molecule is CCCCCCCCCCCCCCCCCCCCC(=O)OC[C@H](CO)OC(=O)CCC/C=C\C[C@H]1C(=O)C[C@@H](O)[C@@H]1/C=C/[C@@H](O)CCCCC. The third kappa shape index (κ3) is 25.9. The highest BCUT2D eigenvalue weighted by Gasteiger charge is 2.39. The first-order chi connectivity index (χ1) is 25.3. The lowest BCUT2D eigenvalue weighted by Crippen LogP contribution is -2.28. The Morgan fingerprint density at radius 1 is 0.731 bits per heavy atom. The van der Waals surface area contributed by atoms with Gasteiger partial charge in [-0.3, -0.25) is 14.4 Å². The summed E-state index contributed by atoms with van der Waals surface area (Å²) < 4.78 is 10.6. The summed E-state index contributed by atoms with van der Waals surface area (Å²) in [6, 6.07) is 0. The van der Waals surface area contributed by atoms with Crippen LogP contribution in [-0.4, -0.2) is 64.6 Å². The fraction of sp³-hybridized carbons (Fsp3) is 0.841. The summed E-state index contributed by atoms with van der Waals surface area (Å²) in [5.74, 6) is -1.38. The van der Waals surface area contributed by atoms with E-state index in [0.717, 1.165) is 38.5 Å². The number of esters is 2. The Balaban J connectivity index is 2.06. The summed E-state index contributed by atoms with van der Waals surface area (Å²) in [5.41, 5.74) is 0. The number of Topliss-reactive ketones (excluding diaryl/α,β-unsaturated/α-hetero) is 1. The Morgan fingerprint density at radius 3 is 1.81 bits per heavy atom. The van der Waals surface area contributed by atoms with Crippen molar-refractivity contribution < 1.29 is 39.2 Å². The fourth-order valence-corrected chi connectivity index (χ4v) is 7.01. The zero-order valence-corrected chi connectivity index (χ0v) is 33.3. The van der Waals surface area contributed by atoms with Crippen LogP contribution < -0.4 is 0 Å². The summed E-state index contributed by atoms with van der Waals surface area (Å²) in [4.78, 5) is 36.9. The van der Waals surface area contributed by atoms with Gasteiger partial charge in [-0.05, 0) is 32.1 Å². The average molecular weight is 735 g/mol. The number of ketones is 1. The Bertz CT molecular complexity index is 947. The second-order valence-corrected chi connectivity index (χ2v) is 15.2. The first-order valence-electron chi connectivity index (χ1n) is 21.5. The maximum absolute atomic E-state index is 12.5. The molecule has 0 amide bonds. The number of aliphatic hydroxyl groups is 3. The smallest absolute Gasteiger partial charge is 0.306 e. The number of hydrogen-bond donors (Lipinski definition) is 3. The van der Waals surface area contributed by atoms with Gasteiger partial charge in [0.05, 0.1) is 18.8 Å². The standard InChI is InChI=1S/C44H78O8/c1-3-5-7-8-9-10-11-12-13-14-15-16-17-18-19-20-21-26-30-43(49)51-36-38(35-45)52-44(50)31-27-23-22-25-29-39-40(42(48)34-41(39)47)33-32-37(46)28-24-6-4-2/h22,25,32-33,37-40,42,45-46,48H,3-21,23-24,26-31,34-36H2,1-2H3/b25-22-,33-32+/t37-,38-,39+,40+,42+/m0/s1. The summed E-state index contributed by atoms with van der Waals surface area (Å²) in [7, 11) is 0. The Morgan fingerprint density at radius 2 is 1.25 bits per heavy atom. The van der Waals surface area contributed by atoms with E-state index in [4.69, 9.17) is 9.47 Å². The molecule has 0 radical (unpaired) electrons. The molecule has 0 unspecified atom stereocenters. The molecule has 8 heteroatoms. The third-order valence-electron chi connectivity index (χ3n) is 10.4. The molecule has 0 saturated heterocycles. The maximum atomic E-state index is 12.5. The van der Waals surface area contributed by atoms with E-state index >= 15 is 0 Å². The molecular weight excluding hydrogens is 656 g/mol. The molecule has 1 fully saturated rings. The summed E-state index contributed by atoms with van der Waals surface area (Å²) >= 11 is 0. The highest BCUT2D eigenvalue weighted by molar-refractivity contribution is 5.84. The van der Waals surface area contributed by atoms with Gasteiger partial charge in [-0.15, -0.1) is 0 Å². The van der Waals surface area contributed by atoms with Gasteiger partial charge in [0, 0.05) is 31.1 Å². The van der Waals surface area contributed by atoms with Gasteiger partial charge in [0.15, 0.2) is 6.10 Å². The van der Waals surface area contributed by atoms with Gasteiger partial charge in [-0.25, -0.2) is 0 Å². The normalized spacial score (nSPS) is 18.8. The van der Waals surface area contributed by atoms with Crippen LogP contribution in [0.25, 0.3) is 0 Å². The molecule has 1 rings (SSSR count). The molecule has 302 valence electrons. The van der Waals surface area contributed by atoms with Gasteiger partial charge in [0.1, 0.15) is 12.4 Å². The summed E-state index contributed by atoms with van der Waals surface area (Å²) in [6.07, 6.45) is 34.6. The minimum atomic E-state index is -0.873. The van der Waals surface area contributed by atoms with Gasteiger partial charge in [0.2, 0.25) is 0 Å². The molecule has 1 aliphatic rings. The fourth-order valence-electron chi connectivity index (χ4n) is 7.01. The predicted molar refractivity (Wildman–Crippen MR) is 211 cm³/mol. The number of allylic oxidation sites excluding steroid dienone is 2. The quantitative estimate of drug-likeness (QED) is 0.0333. The topological polar surface area (TPSA) is 130 Å². The van der Waals surface area contributed by atoms with Crippen molar-refractivity contribution in [2.24, 2.45) is 11.8 Å². The first-order valence-corrected chi connectivity index (χ1v) is 21.5. The highest BCUT2D eigenvalue weighted by atomic mass is 16.6. The lowest BCUT2D eigenvalue weighted by Gasteiger charge is -2.16. The predicted octanol–water partition coefficient (Wildman–Crippen LogP) is 10.0. The van der Waals surface area contributed by atoms with Crippen LogP contribution in [0.1, 0.15) is 194 Å². The van der Waals surface area contributed by atoms with E-state index in [9.17, 15) is 29.7 Å². The second kappa shape index (κ2) is 33.5. The molecule has 0 aromatic rings. The van der Waals surface area contributed by atoms with Crippen LogP contribution in [-0.2, 0) is 23.9 Å². The van der Waals surface area contributed by atoms with Crippen LogP contribution in [0.2, 0.25) is 0 Å². The molecule has 0 heterocycles. The molecule has 0 spiro atoms. The maximum Gasteiger partial charge on any atom is 0.306 e. The molecule has 1 saturated carbocycles. The van der Waals surface area contributed by atoms with Crippen LogP contribution >= 0.6 is 0 Å². The van der Waals surface area contributed by atoms with Crippen LogP contribution in [0.4, 0.5) is 0 Å². The number of rotatable bonds is 35. The van der Waals surface area contributed by atoms with Crippen LogP contribution in [0.3, 0.4) is 0 Å². The van der Waals surface area contributed by atoms with Crippen LogP contribution in [0, 0.1) is 11.8 Å². The van der Waals surface area contributed by atoms with Gasteiger partial charge in [-0.2, -0.15) is 0 Å². The summed E-state index contributed by atoms with van der Waals surface area (Å²) in [5, 5.41) is 30.2. The lowest BCUT2D eigenvalue weighted by molar-refractivity contribution is -0.161. The molecule has 5 atom stereocenters. The van der Waals surface area contributed by atoms with E-state index in [1.807, 2.05) is 12.2 Å². The molecule has 0 aromatic carbocycles. The minimum absolute atomic E-state index is 0.0296. The van der Waals surface area contributed by atoms with E-state index in [1.54, 1.807) is 12.2 Å². The molecule has 0 aromatic heterocycles. The molecule has 0 aliphatic heterocycles. The Hall–Kier alpha value is -2.03. The van der Waals surface area contributed by atoms with Crippen LogP contribution in [0.5, 0.6) is 0 Å². The molecule has 8 nitrogen and oxygen atoms in total. The number of hydrogen-bond acceptors (Lipinski definition) is 8. The van der Waals surface area contributed by atoms with Gasteiger partial charge in [-0.1, -0.05) is 167 Å². The van der Waals surface area contributed by atoms with E-state index in [-0.39, 0.29) is 43.0 Å². The third-order valence-corrected chi connectivity index (χ3v) is 10.4. The van der Waals surface area contributed by atoms with E-state index in [2.05, 4.69) is 13.8 Å². The van der Waals surface area contributed by atoms with Gasteiger partial charge in [0.25, 0.3) is 0 Å². The van der Waals surface area contributed by atoms with E-state index in [0.29, 0.717) is 32.1 Å². The minimum Gasteiger partial charge on any atom is -0.462 e. The molecular formula is C44H78O8. The second-order valence-electron chi connectivity index (χ2n) is 15.2. The number of ether oxygens (including phenoxy) is 2. The van der Waals surface area contributed by atoms with Crippen molar-refractivity contribution in [1.82, 2.24) is 0 Å². The molecule has 52 heavy (non-hydrogen) atoms. The van der Waals surface area contributed by atoms with E-state index in [1.165, 1.54) is 96.3 Å². The highest BCUT2D eigenvalue weighted by Crippen LogP contribution is 2.33. The zero-order valence-electron chi connectivity index (χ0n) is 33.3.